The summed E-state index contributed by atoms with van der Waals surface area (Å²) < 4.78 is 6.18. The molecule has 4 aromatic rings. The summed E-state index contributed by atoms with van der Waals surface area (Å²) in [5, 5.41) is 16.4. The molecule has 238 valence electrons. The molecule has 3 heterocycles. The van der Waals surface area contributed by atoms with E-state index in [1.165, 1.54) is 24.2 Å². The van der Waals surface area contributed by atoms with Crippen LogP contribution >= 0.6 is 11.6 Å². The summed E-state index contributed by atoms with van der Waals surface area (Å²) in [7, 11) is 2.17. The molecule has 0 bridgehead atoms. The zero-order chi connectivity index (χ0) is 32.3. The number of nitriles is 1. The molecule has 0 radical (unpaired) electrons. The first-order chi connectivity index (χ1) is 22.2. The number of hydrogen-bond acceptors (Lipinski definition) is 6. The average Bonchev–Trinajstić information content (AvgIpc) is 3.50. The molecule has 2 saturated heterocycles. The van der Waals surface area contributed by atoms with E-state index in [0.717, 1.165) is 42.9 Å². The first kappa shape index (κ1) is 32.0. The molecule has 1 amide bonds. The van der Waals surface area contributed by atoms with Crippen molar-refractivity contribution >= 4 is 17.5 Å². The fourth-order valence-corrected chi connectivity index (χ4v) is 7.10. The molecular weight excluding hydrogens is 594 g/mol. The Morgan fingerprint density at radius 1 is 1.02 bits per heavy atom. The highest BCUT2D eigenvalue weighted by molar-refractivity contribution is 6.34. The number of aryl methyl sites for hydroxylation is 1. The van der Waals surface area contributed by atoms with Gasteiger partial charge >= 0.3 is 0 Å². The van der Waals surface area contributed by atoms with Gasteiger partial charge < -0.3 is 24.9 Å². The van der Waals surface area contributed by atoms with Crippen LogP contribution < -0.4 is 10.6 Å². The number of hydrogen-bond donors (Lipinski definition) is 2. The molecule has 2 atom stereocenters. The standard InChI is InChI=1S/C38H42ClN5O2/c1-26-4-10-30(11-5-26)27(2)41-21-33-13-15-36(46-33)31-12-14-35(39)34(19-31)37(45)42-32(18-28-6-8-29(20-40)9-7-28)16-17-44-24-38(25-44)22-43(3)23-38/h4-15,19,27,32,41H,16-18,21-25H2,1-3H3,(H,42,45)/t27-,32+/m1/s1. The van der Waals surface area contributed by atoms with Gasteiger partial charge in [-0.05, 0) is 87.3 Å². The molecule has 2 fully saturated rings. The van der Waals surface area contributed by atoms with Gasteiger partial charge in [0.2, 0.25) is 0 Å². The molecule has 0 unspecified atom stereocenters. The van der Waals surface area contributed by atoms with Crippen molar-refractivity contribution in [3.05, 3.63) is 117 Å². The Morgan fingerprint density at radius 2 is 1.76 bits per heavy atom. The molecule has 2 aliphatic heterocycles. The average molecular weight is 636 g/mol. The zero-order valence-corrected chi connectivity index (χ0v) is 27.6. The number of carbonyl (C=O) groups is 1. The lowest BCUT2D eigenvalue weighted by Gasteiger charge is -2.60. The number of benzene rings is 3. The van der Waals surface area contributed by atoms with Crippen LogP contribution in [0.5, 0.6) is 0 Å². The highest BCUT2D eigenvalue weighted by Gasteiger charge is 2.49. The Hall–Kier alpha value is -3.93. The molecule has 2 aliphatic rings. The van der Waals surface area contributed by atoms with Crippen molar-refractivity contribution in [3.8, 4) is 17.4 Å². The van der Waals surface area contributed by atoms with Crippen LogP contribution in [0.2, 0.25) is 5.02 Å². The lowest BCUT2D eigenvalue weighted by Crippen LogP contribution is -2.71. The summed E-state index contributed by atoms with van der Waals surface area (Å²) >= 11 is 6.59. The first-order valence-corrected chi connectivity index (χ1v) is 16.5. The van der Waals surface area contributed by atoms with Gasteiger partial charge in [-0.1, -0.05) is 53.6 Å². The maximum Gasteiger partial charge on any atom is 0.253 e. The largest absolute Gasteiger partial charge is 0.460 e. The molecule has 3 aromatic carbocycles. The van der Waals surface area contributed by atoms with Crippen LogP contribution in [-0.2, 0) is 13.0 Å². The van der Waals surface area contributed by atoms with E-state index < -0.39 is 0 Å². The van der Waals surface area contributed by atoms with Gasteiger partial charge in [0.15, 0.2) is 0 Å². The molecule has 0 aliphatic carbocycles. The summed E-state index contributed by atoms with van der Waals surface area (Å²) in [6.45, 7) is 10.3. The quantitative estimate of drug-likeness (QED) is 0.182. The minimum absolute atomic E-state index is 0.0856. The lowest BCUT2D eigenvalue weighted by molar-refractivity contribution is -0.104. The lowest BCUT2D eigenvalue weighted by atomic mass is 9.73. The Kier molecular flexibility index (Phi) is 9.62. The molecule has 8 heteroatoms. The van der Waals surface area contributed by atoms with Crippen LogP contribution in [0, 0.1) is 23.7 Å². The second-order valence-corrected chi connectivity index (χ2v) is 13.7. The van der Waals surface area contributed by atoms with Gasteiger partial charge in [0.05, 0.1) is 28.8 Å². The first-order valence-electron chi connectivity index (χ1n) is 16.1. The molecule has 1 spiro atoms. The Bertz CT molecular complexity index is 1690. The molecule has 0 saturated carbocycles. The van der Waals surface area contributed by atoms with E-state index in [-0.39, 0.29) is 18.0 Å². The number of nitrogens with zero attached hydrogens (tertiary/aromatic N) is 3. The van der Waals surface area contributed by atoms with Crippen LogP contribution in [0.25, 0.3) is 11.3 Å². The number of nitrogens with one attached hydrogen (secondary N) is 2. The smallest absolute Gasteiger partial charge is 0.253 e. The van der Waals surface area contributed by atoms with Gasteiger partial charge in [0.1, 0.15) is 11.5 Å². The van der Waals surface area contributed by atoms with Crippen molar-refractivity contribution in [2.24, 2.45) is 5.41 Å². The third-order valence-corrected chi connectivity index (χ3v) is 9.67. The van der Waals surface area contributed by atoms with Gasteiger partial charge in [0.25, 0.3) is 5.91 Å². The summed E-state index contributed by atoms with van der Waals surface area (Å²) in [5.41, 5.74) is 5.87. The fraction of sp³-hybridized carbons (Fsp3) is 0.368. The minimum Gasteiger partial charge on any atom is -0.460 e. The van der Waals surface area contributed by atoms with E-state index in [0.29, 0.717) is 40.3 Å². The highest BCUT2D eigenvalue weighted by atomic mass is 35.5. The fourth-order valence-electron chi connectivity index (χ4n) is 6.89. The SMILES string of the molecule is Cc1ccc([C@@H](C)NCc2ccc(-c3ccc(Cl)c(C(=O)N[C@@H](CCN4CC5(CN(C)C5)C4)Cc4ccc(C#N)cc4)c3)o2)cc1. The third-order valence-electron chi connectivity index (χ3n) is 9.34. The number of rotatable bonds is 12. The molecule has 46 heavy (non-hydrogen) atoms. The van der Waals surface area contributed by atoms with E-state index in [9.17, 15) is 10.1 Å². The molecule has 6 rings (SSSR count). The topological polar surface area (TPSA) is 84.5 Å². The number of halogens is 1. The van der Waals surface area contributed by atoms with Gasteiger partial charge in [-0.25, -0.2) is 0 Å². The molecular formula is C38H42ClN5O2. The van der Waals surface area contributed by atoms with E-state index in [4.69, 9.17) is 16.0 Å². The summed E-state index contributed by atoms with van der Waals surface area (Å²) in [5.74, 6) is 1.30. The number of furan rings is 1. The van der Waals surface area contributed by atoms with Crippen molar-refractivity contribution in [1.29, 1.82) is 5.26 Å². The van der Waals surface area contributed by atoms with E-state index >= 15 is 0 Å². The predicted molar refractivity (Wildman–Crippen MR) is 183 cm³/mol. The zero-order valence-electron chi connectivity index (χ0n) is 26.9. The normalized spacial score (nSPS) is 17.1. The summed E-state index contributed by atoms with van der Waals surface area (Å²) in [6, 6.07) is 27.8. The van der Waals surface area contributed by atoms with Gasteiger partial charge in [-0.15, -0.1) is 0 Å². The van der Waals surface area contributed by atoms with Gasteiger partial charge in [0, 0.05) is 55.8 Å². The van der Waals surface area contributed by atoms with Crippen LogP contribution in [0.3, 0.4) is 0 Å². The number of carbonyl (C=O) groups excluding carboxylic acids is 1. The maximum atomic E-state index is 13.7. The Balaban J connectivity index is 1.10. The third kappa shape index (κ3) is 7.54. The van der Waals surface area contributed by atoms with Crippen molar-refractivity contribution in [2.75, 3.05) is 39.8 Å². The Labute approximate surface area is 277 Å². The van der Waals surface area contributed by atoms with Crippen molar-refractivity contribution in [3.63, 3.8) is 0 Å². The minimum atomic E-state index is -0.202. The summed E-state index contributed by atoms with van der Waals surface area (Å²) in [6.07, 6.45) is 1.50. The van der Waals surface area contributed by atoms with Crippen molar-refractivity contribution in [1.82, 2.24) is 20.4 Å². The van der Waals surface area contributed by atoms with E-state index in [2.05, 4.69) is 71.7 Å². The van der Waals surface area contributed by atoms with Crippen molar-refractivity contribution in [2.45, 2.75) is 45.3 Å². The number of amides is 1. The van der Waals surface area contributed by atoms with E-state index in [1.807, 2.05) is 48.5 Å². The predicted octanol–water partition coefficient (Wildman–Crippen LogP) is 6.61. The second-order valence-electron chi connectivity index (χ2n) is 13.3. The molecule has 1 aromatic heterocycles. The maximum absolute atomic E-state index is 13.7. The van der Waals surface area contributed by atoms with Crippen LogP contribution in [0.1, 0.15) is 57.8 Å². The number of likely N-dealkylation sites (tertiary alicyclic amines) is 2. The van der Waals surface area contributed by atoms with Crippen LogP contribution in [-0.4, -0.2) is 61.5 Å². The van der Waals surface area contributed by atoms with Crippen LogP contribution in [0.15, 0.2) is 83.3 Å². The summed E-state index contributed by atoms with van der Waals surface area (Å²) in [4.78, 5) is 18.6. The Morgan fingerprint density at radius 3 is 2.46 bits per heavy atom. The van der Waals surface area contributed by atoms with Gasteiger partial charge in [-0.3, -0.25) is 4.79 Å². The molecule has 2 N–H and O–H groups in total. The van der Waals surface area contributed by atoms with Crippen molar-refractivity contribution < 1.29 is 9.21 Å². The van der Waals surface area contributed by atoms with Gasteiger partial charge in [-0.2, -0.15) is 5.26 Å². The highest BCUT2D eigenvalue weighted by Crippen LogP contribution is 2.38. The monoisotopic (exact) mass is 635 g/mol. The second kappa shape index (κ2) is 13.8. The molecule has 7 nitrogen and oxygen atoms in total. The van der Waals surface area contributed by atoms with E-state index in [1.54, 1.807) is 6.07 Å². The van der Waals surface area contributed by atoms with Crippen LogP contribution in [0.4, 0.5) is 0 Å².